The topological polar surface area (TPSA) is 104 Å². The van der Waals surface area contributed by atoms with Crippen molar-refractivity contribution in [2.24, 2.45) is 7.05 Å². The molecule has 2 heterocycles. The largest absolute Gasteiger partial charge is 0.497 e. The number of ether oxygens (including phenoxy) is 2. The number of carbonyl (C=O) groups is 2. The number of aromatic nitrogens is 4. The number of anilines is 1. The third kappa shape index (κ3) is 5.34. The lowest BCUT2D eigenvalue weighted by atomic mass is 10.00. The number of aryl methyl sites for hydroxylation is 1. The van der Waals surface area contributed by atoms with Crippen LogP contribution in [0.25, 0.3) is 11.0 Å². The number of amides is 2. The molecular formula is C28H34N6O4. The zero-order valence-electron chi connectivity index (χ0n) is 22.6. The van der Waals surface area contributed by atoms with Crippen LogP contribution < -0.4 is 19.7 Å². The van der Waals surface area contributed by atoms with Crippen LogP contribution in [-0.4, -0.2) is 51.1 Å². The number of hydrogen-bond acceptors (Lipinski definition) is 6. The summed E-state index contributed by atoms with van der Waals surface area (Å²) in [4.78, 5) is 29.8. The van der Waals surface area contributed by atoms with Crippen molar-refractivity contribution >= 4 is 28.5 Å². The van der Waals surface area contributed by atoms with E-state index in [0.717, 1.165) is 0 Å². The van der Waals surface area contributed by atoms with E-state index in [1.807, 2.05) is 75.0 Å². The number of hydrogen-bond donors (Lipinski definition) is 1. The third-order valence-electron chi connectivity index (χ3n) is 6.74. The van der Waals surface area contributed by atoms with Gasteiger partial charge in [0.1, 0.15) is 23.6 Å². The maximum absolute atomic E-state index is 14.3. The van der Waals surface area contributed by atoms with E-state index in [9.17, 15) is 9.59 Å². The van der Waals surface area contributed by atoms with E-state index in [0.29, 0.717) is 40.3 Å². The minimum Gasteiger partial charge on any atom is -0.497 e. The van der Waals surface area contributed by atoms with Crippen LogP contribution >= 0.6 is 0 Å². The third-order valence-corrected chi connectivity index (χ3v) is 6.74. The van der Waals surface area contributed by atoms with Crippen LogP contribution in [-0.2, 0) is 23.2 Å². The zero-order valence-corrected chi connectivity index (χ0v) is 22.6. The fourth-order valence-electron chi connectivity index (χ4n) is 4.27. The molecule has 10 heteroatoms. The Kier molecular flexibility index (Phi) is 7.70. The fourth-order valence-corrected chi connectivity index (χ4v) is 4.27. The summed E-state index contributed by atoms with van der Waals surface area (Å²) in [5.74, 6) is 0.247. The number of nitrogens with one attached hydrogen (secondary N) is 1. The van der Waals surface area contributed by atoms with Crippen molar-refractivity contribution in [1.82, 2.24) is 24.9 Å². The van der Waals surface area contributed by atoms with Crippen molar-refractivity contribution in [2.45, 2.75) is 45.3 Å². The fraction of sp³-hybridized carbons (Fsp3) is 0.357. The number of methoxy groups -OCH3 is 2. The Balaban J connectivity index is 1.89. The van der Waals surface area contributed by atoms with E-state index in [4.69, 9.17) is 9.47 Å². The Morgan fingerprint density at radius 2 is 1.84 bits per heavy atom. The Labute approximate surface area is 222 Å². The average Bonchev–Trinajstić information content (AvgIpc) is 3.52. The summed E-state index contributed by atoms with van der Waals surface area (Å²) < 4.78 is 14.5. The van der Waals surface area contributed by atoms with Crippen LogP contribution in [0.15, 0.2) is 60.8 Å². The molecule has 0 saturated carbocycles. The molecule has 0 unspecified atom stereocenters. The highest BCUT2D eigenvalue weighted by Gasteiger charge is 2.38. The van der Waals surface area contributed by atoms with Gasteiger partial charge in [-0.05, 0) is 56.7 Å². The van der Waals surface area contributed by atoms with Crippen molar-refractivity contribution < 1.29 is 19.1 Å². The molecule has 2 aromatic carbocycles. The summed E-state index contributed by atoms with van der Waals surface area (Å²) in [6.07, 6.45) is 2.55. The van der Waals surface area contributed by atoms with Crippen LogP contribution in [0.4, 0.5) is 5.69 Å². The van der Waals surface area contributed by atoms with E-state index in [2.05, 4.69) is 15.6 Å². The lowest BCUT2D eigenvalue weighted by Gasteiger charge is -2.35. The van der Waals surface area contributed by atoms with Crippen molar-refractivity contribution in [3.8, 4) is 11.5 Å². The minimum absolute atomic E-state index is 0.147. The molecule has 0 radical (unpaired) electrons. The molecule has 200 valence electrons. The molecule has 0 aliphatic rings. The summed E-state index contributed by atoms with van der Waals surface area (Å²) in [6, 6.07) is 15.2. The van der Waals surface area contributed by atoms with Crippen molar-refractivity contribution in [2.75, 3.05) is 19.1 Å². The van der Waals surface area contributed by atoms with Crippen molar-refractivity contribution in [3.05, 3.63) is 66.5 Å². The van der Waals surface area contributed by atoms with Gasteiger partial charge in [0.05, 0.1) is 31.1 Å². The predicted molar refractivity (Wildman–Crippen MR) is 145 cm³/mol. The minimum atomic E-state index is -1.01. The Morgan fingerprint density at radius 1 is 1.08 bits per heavy atom. The summed E-state index contributed by atoms with van der Waals surface area (Å²) in [5.41, 5.74) is 1.93. The number of rotatable bonds is 10. The number of benzene rings is 2. The van der Waals surface area contributed by atoms with Crippen LogP contribution in [0.3, 0.4) is 0 Å². The van der Waals surface area contributed by atoms with Gasteiger partial charge < -0.3 is 19.4 Å². The first-order valence-electron chi connectivity index (χ1n) is 12.4. The molecule has 0 fully saturated rings. The molecule has 4 rings (SSSR count). The Hall–Kier alpha value is -4.34. The maximum Gasteiger partial charge on any atom is 0.249 e. The first kappa shape index (κ1) is 26.7. The standard InChI is InChI=1S/C28H34N6O4/c1-7-28(2,3)29-27(36)26(22-13-10-16-32(22)4)34(23-17-19(37-5)14-15-24(23)38-6)25(35)18-33-21-12-9-8-11-20(21)30-31-33/h8-17,26H,7,18H2,1-6H3,(H,29,36)/t26-/m1/s1. The lowest BCUT2D eigenvalue weighted by molar-refractivity contribution is -0.128. The van der Waals surface area contributed by atoms with Crippen LogP contribution in [0, 0.1) is 0 Å². The smallest absolute Gasteiger partial charge is 0.249 e. The number of carbonyl (C=O) groups excluding carboxylic acids is 2. The molecule has 0 spiro atoms. The zero-order chi connectivity index (χ0) is 27.4. The Bertz CT molecular complexity index is 1440. The molecule has 0 aliphatic heterocycles. The number of fused-ring (bicyclic) bond motifs is 1. The molecule has 1 N–H and O–H groups in total. The van der Waals surface area contributed by atoms with Gasteiger partial charge in [-0.15, -0.1) is 5.10 Å². The van der Waals surface area contributed by atoms with Gasteiger partial charge in [0.15, 0.2) is 6.04 Å². The first-order chi connectivity index (χ1) is 18.2. The van der Waals surface area contributed by atoms with E-state index in [-0.39, 0.29) is 18.4 Å². The number of nitrogens with zero attached hydrogens (tertiary/aromatic N) is 5. The molecule has 1 atom stereocenters. The molecule has 0 aliphatic carbocycles. The summed E-state index contributed by atoms with van der Waals surface area (Å²) in [5, 5.41) is 11.5. The van der Waals surface area contributed by atoms with E-state index in [1.54, 1.807) is 25.3 Å². The second-order valence-electron chi connectivity index (χ2n) is 9.71. The molecule has 2 amide bonds. The van der Waals surface area contributed by atoms with Gasteiger partial charge in [0.2, 0.25) is 11.8 Å². The Morgan fingerprint density at radius 3 is 2.50 bits per heavy atom. The molecule has 0 bridgehead atoms. The van der Waals surface area contributed by atoms with Crippen molar-refractivity contribution in [3.63, 3.8) is 0 Å². The van der Waals surface area contributed by atoms with Crippen LogP contribution in [0.1, 0.15) is 38.9 Å². The second kappa shape index (κ2) is 11.0. The SMILES string of the molecule is CCC(C)(C)NC(=O)[C@@H](c1cccn1C)N(C(=O)Cn1nnc2ccccc21)c1cc(OC)ccc1OC. The maximum atomic E-state index is 14.3. The van der Waals surface area contributed by atoms with Gasteiger partial charge in [0, 0.05) is 24.8 Å². The average molecular weight is 519 g/mol. The van der Waals surface area contributed by atoms with Crippen LogP contribution in [0.5, 0.6) is 11.5 Å². The van der Waals surface area contributed by atoms with Gasteiger partial charge >= 0.3 is 0 Å². The van der Waals surface area contributed by atoms with E-state index < -0.39 is 11.6 Å². The molecule has 38 heavy (non-hydrogen) atoms. The predicted octanol–water partition coefficient (Wildman–Crippen LogP) is 3.87. The normalized spacial score (nSPS) is 12.3. The van der Waals surface area contributed by atoms with Gasteiger partial charge in [0.25, 0.3) is 0 Å². The van der Waals surface area contributed by atoms with Gasteiger partial charge in [-0.3, -0.25) is 14.5 Å². The molecule has 10 nitrogen and oxygen atoms in total. The summed E-state index contributed by atoms with van der Waals surface area (Å²) in [6.45, 7) is 5.76. The number of para-hydroxylation sites is 1. The molecule has 4 aromatic rings. The van der Waals surface area contributed by atoms with Gasteiger partial charge in [-0.25, -0.2) is 4.68 Å². The monoisotopic (exact) mass is 518 g/mol. The highest BCUT2D eigenvalue weighted by molar-refractivity contribution is 6.02. The first-order valence-corrected chi connectivity index (χ1v) is 12.4. The van der Waals surface area contributed by atoms with E-state index in [1.165, 1.54) is 16.7 Å². The summed E-state index contributed by atoms with van der Waals surface area (Å²) >= 11 is 0. The van der Waals surface area contributed by atoms with Gasteiger partial charge in [-0.2, -0.15) is 0 Å². The summed E-state index contributed by atoms with van der Waals surface area (Å²) in [7, 11) is 4.91. The molecule has 2 aromatic heterocycles. The highest BCUT2D eigenvalue weighted by atomic mass is 16.5. The van der Waals surface area contributed by atoms with Crippen LogP contribution in [0.2, 0.25) is 0 Å². The molecule has 0 saturated heterocycles. The van der Waals surface area contributed by atoms with Crippen molar-refractivity contribution in [1.29, 1.82) is 0 Å². The second-order valence-corrected chi connectivity index (χ2v) is 9.71. The highest BCUT2D eigenvalue weighted by Crippen LogP contribution is 2.38. The lowest BCUT2D eigenvalue weighted by Crippen LogP contribution is -2.51. The van der Waals surface area contributed by atoms with Gasteiger partial charge in [-0.1, -0.05) is 24.3 Å². The van der Waals surface area contributed by atoms with E-state index >= 15 is 0 Å². The molecular weight excluding hydrogens is 484 g/mol. The quantitative estimate of drug-likeness (QED) is 0.342.